The SMILES string of the molecule is CCCCC[C@H]1SC[C@H](C(=O)OC)N1C(=O)COc1ccc(Cl)cc1. The molecule has 2 rings (SSSR count). The molecule has 7 heteroatoms. The number of unbranched alkanes of at least 4 members (excludes halogenated alkanes) is 2. The number of carbonyl (C=O) groups is 2. The van der Waals surface area contributed by atoms with Gasteiger partial charge >= 0.3 is 5.97 Å². The van der Waals surface area contributed by atoms with Crippen molar-refractivity contribution in [2.75, 3.05) is 19.5 Å². The third-order valence-electron chi connectivity index (χ3n) is 4.08. The van der Waals surface area contributed by atoms with Gasteiger partial charge in [0.1, 0.15) is 11.8 Å². The molecule has 1 saturated heterocycles. The van der Waals surface area contributed by atoms with Crippen molar-refractivity contribution in [1.82, 2.24) is 4.90 Å². The summed E-state index contributed by atoms with van der Waals surface area (Å²) in [6.07, 6.45) is 4.14. The quantitative estimate of drug-likeness (QED) is 0.504. The van der Waals surface area contributed by atoms with Crippen molar-refractivity contribution in [3.05, 3.63) is 29.3 Å². The molecule has 1 fully saturated rings. The topological polar surface area (TPSA) is 55.8 Å². The van der Waals surface area contributed by atoms with Gasteiger partial charge in [0.15, 0.2) is 6.61 Å². The van der Waals surface area contributed by atoms with Crippen molar-refractivity contribution >= 4 is 35.2 Å². The zero-order chi connectivity index (χ0) is 18.2. The van der Waals surface area contributed by atoms with Gasteiger partial charge in [0, 0.05) is 10.8 Å². The van der Waals surface area contributed by atoms with Gasteiger partial charge in [-0.3, -0.25) is 4.79 Å². The molecule has 1 aromatic carbocycles. The molecule has 0 bridgehead atoms. The number of halogens is 1. The first kappa shape index (κ1) is 19.9. The molecule has 0 radical (unpaired) electrons. The third kappa shape index (κ3) is 5.54. The summed E-state index contributed by atoms with van der Waals surface area (Å²) in [5.74, 6) is 0.569. The van der Waals surface area contributed by atoms with E-state index in [1.807, 2.05) is 0 Å². The first-order valence-electron chi connectivity index (χ1n) is 8.45. The van der Waals surface area contributed by atoms with Gasteiger partial charge in [-0.25, -0.2) is 4.79 Å². The predicted octanol–water partition coefficient (Wildman–Crippen LogP) is 3.74. The van der Waals surface area contributed by atoms with Crippen LogP contribution in [0.25, 0.3) is 0 Å². The molecule has 0 aromatic heterocycles. The molecule has 1 heterocycles. The van der Waals surface area contributed by atoms with Crippen molar-refractivity contribution in [2.45, 2.75) is 44.0 Å². The van der Waals surface area contributed by atoms with E-state index < -0.39 is 6.04 Å². The lowest BCUT2D eigenvalue weighted by atomic mass is 10.1. The van der Waals surface area contributed by atoms with E-state index in [0.29, 0.717) is 16.5 Å². The van der Waals surface area contributed by atoms with Crippen LogP contribution >= 0.6 is 23.4 Å². The molecule has 0 unspecified atom stereocenters. The summed E-state index contributed by atoms with van der Waals surface area (Å²) in [7, 11) is 1.35. The zero-order valence-corrected chi connectivity index (χ0v) is 16.1. The van der Waals surface area contributed by atoms with Crippen molar-refractivity contribution in [3.63, 3.8) is 0 Å². The summed E-state index contributed by atoms with van der Waals surface area (Å²) in [5, 5.41) is 0.605. The Morgan fingerprint density at radius 1 is 1.28 bits per heavy atom. The summed E-state index contributed by atoms with van der Waals surface area (Å²) >= 11 is 7.48. The van der Waals surface area contributed by atoms with E-state index in [4.69, 9.17) is 21.1 Å². The van der Waals surface area contributed by atoms with Crippen LogP contribution in [0.1, 0.15) is 32.6 Å². The minimum Gasteiger partial charge on any atom is -0.484 e. The van der Waals surface area contributed by atoms with E-state index >= 15 is 0 Å². The first-order valence-corrected chi connectivity index (χ1v) is 9.88. The Bertz CT molecular complexity index is 581. The fraction of sp³-hybridized carbons (Fsp3) is 0.556. The highest BCUT2D eigenvalue weighted by atomic mass is 35.5. The number of rotatable bonds is 8. The Balaban J connectivity index is 2.01. The molecule has 2 atom stereocenters. The van der Waals surface area contributed by atoms with Crippen molar-refractivity contribution in [2.24, 2.45) is 0 Å². The normalized spacial score (nSPS) is 19.7. The number of hydrogen-bond acceptors (Lipinski definition) is 5. The summed E-state index contributed by atoms with van der Waals surface area (Å²) in [6, 6.07) is 6.30. The number of thioether (sulfide) groups is 1. The molecule has 0 N–H and O–H groups in total. The lowest BCUT2D eigenvalue weighted by Gasteiger charge is -2.28. The second-order valence-corrected chi connectivity index (χ2v) is 7.51. The number of hydrogen-bond donors (Lipinski definition) is 0. The van der Waals surface area contributed by atoms with E-state index in [2.05, 4.69) is 6.92 Å². The van der Waals surface area contributed by atoms with Crippen molar-refractivity contribution in [3.8, 4) is 5.75 Å². The molecule has 0 saturated carbocycles. The number of nitrogens with zero attached hydrogens (tertiary/aromatic N) is 1. The van der Waals surface area contributed by atoms with Crippen molar-refractivity contribution < 1.29 is 19.1 Å². The van der Waals surface area contributed by atoms with Crippen LogP contribution in [-0.2, 0) is 14.3 Å². The molecular formula is C18H24ClNO4S. The minimum absolute atomic E-state index is 0.00281. The fourth-order valence-corrected chi connectivity index (χ4v) is 4.34. The summed E-state index contributed by atoms with van der Waals surface area (Å²) in [4.78, 5) is 26.4. The molecule has 1 aliphatic rings. The van der Waals surface area contributed by atoms with E-state index in [1.165, 1.54) is 7.11 Å². The summed E-state index contributed by atoms with van der Waals surface area (Å²) < 4.78 is 10.4. The third-order valence-corrected chi connectivity index (χ3v) is 5.69. The maximum absolute atomic E-state index is 12.7. The number of amides is 1. The standard InChI is InChI=1S/C18H24ClNO4S/c1-3-4-5-6-17-20(15(12-25-17)18(22)23-2)16(21)11-24-14-9-7-13(19)8-10-14/h7-10,15,17H,3-6,11-12H2,1-2H3/t15-,17-/m1/s1. The Kier molecular flexibility index (Phi) is 7.90. The smallest absolute Gasteiger partial charge is 0.329 e. The summed E-state index contributed by atoms with van der Waals surface area (Å²) in [6.45, 7) is 2.03. The van der Waals surface area contributed by atoms with Crippen LogP contribution in [-0.4, -0.2) is 47.7 Å². The second kappa shape index (κ2) is 9.92. The number of methoxy groups -OCH3 is 1. The highest BCUT2D eigenvalue weighted by Gasteiger charge is 2.41. The fourth-order valence-electron chi connectivity index (χ4n) is 2.76. The van der Waals surface area contributed by atoms with Crippen molar-refractivity contribution in [1.29, 1.82) is 0 Å². The van der Waals surface area contributed by atoms with E-state index in [9.17, 15) is 9.59 Å². The van der Waals surface area contributed by atoms with Crippen LogP contribution in [0.2, 0.25) is 5.02 Å². The van der Waals surface area contributed by atoms with Gasteiger partial charge in [-0.15, -0.1) is 11.8 Å². The van der Waals surface area contributed by atoms with Gasteiger partial charge in [0.25, 0.3) is 5.91 Å². The lowest BCUT2D eigenvalue weighted by Crippen LogP contribution is -2.48. The average molecular weight is 386 g/mol. The van der Waals surface area contributed by atoms with Gasteiger partial charge < -0.3 is 14.4 Å². The van der Waals surface area contributed by atoms with E-state index in [-0.39, 0.29) is 23.9 Å². The largest absolute Gasteiger partial charge is 0.484 e. The van der Waals surface area contributed by atoms with Gasteiger partial charge in [-0.2, -0.15) is 0 Å². The van der Waals surface area contributed by atoms with Crippen LogP contribution in [0.5, 0.6) is 5.75 Å². The van der Waals surface area contributed by atoms with Crippen LogP contribution in [0.4, 0.5) is 0 Å². The highest BCUT2D eigenvalue weighted by Crippen LogP contribution is 2.33. The van der Waals surface area contributed by atoms with Crippen LogP contribution < -0.4 is 4.74 Å². The van der Waals surface area contributed by atoms with Gasteiger partial charge in [0.05, 0.1) is 12.5 Å². The van der Waals surface area contributed by atoms with Crippen LogP contribution in [0.15, 0.2) is 24.3 Å². The molecule has 0 spiro atoms. The number of benzene rings is 1. The molecule has 1 aliphatic heterocycles. The monoisotopic (exact) mass is 385 g/mol. The molecule has 138 valence electrons. The Hall–Kier alpha value is -1.40. The number of esters is 1. The molecular weight excluding hydrogens is 362 g/mol. The summed E-state index contributed by atoms with van der Waals surface area (Å²) in [5.41, 5.74) is 0. The van der Waals surface area contributed by atoms with E-state index in [0.717, 1.165) is 25.7 Å². The highest BCUT2D eigenvalue weighted by molar-refractivity contribution is 8.00. The molecule has 1 aromatic rings. The average Bonchev–Trinajstić information content (AvgIpc) is 3.04. The molecule has 25 heavy (non-hydrogen) atoms. The Labute approximate surface area is 158 Å². The number of carbonyl (C=O) groups excluding carboxylic acids is 2. The lowest BCUT2D eigenvalue weighted by molar-refractivity contribution is -0.152. The molecule has 1 amide bonds. The predicted molar refractivity (Wildman–Crippen MR) is 100.0 cm³/mol. The Morgan fingerprint density at radius 2 is 2.00 bits per heavy atom. The van der Waals surface area contributed by atoms with Gasteiger partial charge in [0.2, 0.25) is 0 Å². The van der Waals surface area contributed by atoms with Crippen LogP contribution in [0.3, 0.4) is 0 Å². The Morgan fingerprint density at radius 3 is 2.64 bits per heavy atom. The van der Waals surface area contributed by atoms with Gasteiger partial charge in [-0.1, -0.05) is 37.8 Å². The van der Waals surface area contributed by atoms with Gasteiger partial charge in [-0.05, 0) is 30.7 Å². The number of ether oxygens (including phenoxy) is 2. The maximum Gasteiger partial charge on any atom is 0.329 e. The van der Waals surface area contributed by atoms with E-state index in [1.54, 1.807) is 40.9 Å². The molecule has 5 nitrogen and oxygen atoms in total. The zero-order valence-electron chi connectivity index (χ0n) is 14.6. The first-order chi connectivity index (χ1) is 12.1. The second-order valence-electron chi connectivity index (χ2n) is 5.87. The van der Waals surface area contributed by atoms with Crippen LogP contribution in [0, 0.1) is 0 Å². The molecule has 0 aliphatic carbocycles. The maximum atomic E-state index is 12.7. The minimum atomic E-state index is -0.539.